The second-order valence-corrected chi connectivity index (χ2v) is 16.3. The molecule has 0 unspecified atom stereocenters. The fourth-order valence-corrected chi connectivity index (χ4v) is 10.4. The maximum Gasteiger partial charge on any atom is 0.238 e. The summed E-state index contributed by atoms with van der Waals surface area (Å²) in [5, 5.41) is 2.29. The normalized spacial score (nSPS) is 13.0. The van der Waals surface area contributed by atoms with Crippen LogP contribution < -0.4 is 0 Å². The third-order valence-electron chi connectivity index (χ3n) is 13.1. The van der Waals surface area contributed by atoms with E-state index in [4.69, 9.17) is 15.0 Å². The van der Waals surface area contributed by atoms with Crippen LogP contribution in [0.3, 0.4) is 0 Å². The van der Waals surface area contributed by atoms with Crippen molar-refractivity contribution in [2.45, 2.75) is 5.41 Å². The van der Waals surface area contributed by atoms with Gasteiger partial charge in [-0.3, -0.25) is 4.57 Å². The van der Waals surface area contributed by atoms with Crippen LogP contribution in [-0.2, 0) is 5.41 Å². The van der Waals surface area contributed by atoms with Crippen molar-refractivity contribution in [3.05, 3.63) is 241 Å². The van der Waals surface area contributed by atoms with Crippen LogP contribution in [0.25, 0.3) is 95.0 Å². The summed E-state index contributed by atoms with van der Waals surface area (Å²) >= 11 is 0. The first-order chi connectivity index (χ1) is 30.7. The summed E-state index contributed by atoms with van der Waals surface area (Å²) in [7, 11) is 0. The molecule has 11 aromatic rings. The van der Waals surface area contributed by atoms with Gasteiger partial charge in [-0.2, -0.15) is 9.97 Å². The molecule has 0 amide bonds. The summed E-state index contributed by atoms with van der Waals surface area (Å²) < 4.78 is 2.22. The van der Waals surface area contributed by atoms with E-state index in [0.717, 1.165) is 44.1 Å². The van der Waals surface area contributed by atoms with Crippen molar-refractivity contribution >= 4 is 21.8 Å². The van der Waals surface area contributed by atoms with Crippen molar-refractivity contribution in [3.8, 4) is 73.2 Å². The predicted molar refractivity (Wildman–Crippen MR) is 252 cm³/mol. The van der Waals surface area contributed by atoms with Crippen molar-refractivity contribution in [2.24, 2.45) is 0 Å². The largest absolute Gasteiger partial charge is 0.278 e. The van der Waals surface area contributed by atoms with Crippen molar-refractivity contribution in [1.82, 2.24) is 19.5 Å². The SMILES string of the molecule is c1ccc(-c2ccc3c(c2)C2(c4ccccc4-c4ccccc42)c2cc(-c4ccc5c6ccccc6n(-c6nc(-c7ccccc7)nc(-c7ccccc7)n6)c5c4)ccc2-3)cc1. The fourth-order valence-electron chi connectivity index (χ4n) is 10.4. The molecular formula is C58H36N4. The standard InChI is InChI=1S/C58H36N4/c1-4-16-37(17-5-1)40-28-31-45-46-32-29-41(35-52(46)58(51(45)34-40)49-25-13-10-22-43(49)44-23-11-14-26-50(44)58)42-30-33-48-47-24-12-15-27-53(47)62(54(48)36-42)57-60-55(38-18-6-2-7-19-38)59-56(61-57)39-20-8-3-9-21-39/h1-36H. The van der Waals surface area contributed by atoms with Gasteiger partial charge in [0.1, 0.15) is 0 Å². The molecule has 0 atom stereocenters. The minimum atomic E-state index is -0.482. The summed E-state index contributed by atoms with van der Waals surface area (Å²) in [4.78, 5) is 15.4. The lowest BCUT2D eigenvalue weighted by Gasteiger charge is -2.31. The topological polar surface area (TPSA) is 43.6 Å². The number of hydrogen-bond donors (Lipinski definition) is 0. The van der Waals surface area contributed by atoms with Crippen LogP contribution in [0, 0.1) is 0 Å². The smallest absolute Gasteiger partial charge is 0.238 e. The molecule has 0 saturated carbocycles. The van der Waals surface area contributed by atoms with Crippen LogP contribution in [0.4, 0.5) is 0 Å². The van der Waals surface area contributed by atoms with E-state index in [1.807, 2.05) is 36.4 Å². The van der Waals surface area contributed by atoms with Crippen LogP contribution in [-0.4, -0.2) is 19.5 Å². The first kappa shape index (κ1) is 34.6. The summed E-state index contributed by atoms with van der Waals surface area (Å²) in [6.45, 7) is 0. The van der Waals surface area contributed by atoms with Crippen LogP contribution in [0.1, 0.15) is 22.3 Å². The monoisotopic (exact) mass is 788 g/mol. The van der Waals surface area contributed by atoms with Crippen LogP contribution >= 0.6 is 0 Å². The van der Waals surface area contributed by atoms with Crippen LogP contribution in [0.15, 0.2) is 218 Å². The van der Waals surface area contributed by atoms with Crippen LogP contribution in [0.2, 0.25) is 0 Å². The second-order valence-electron chi connectivity index (χ2n) is 16.3. The quantitative estimate of drug-likeness (QED) is 0.174. The highest BCUT2D eigenvalue weighted by Crippen LogP contribution is 2.63. The average Bonchev–Trinajstić information content (AvgIpc) is 3.95. The van der Waals surface area contributed by atoms with Gasteiger partial charge in [-0.25, -0.2) is 4.98 Å². The van der Waals surface area contributed by atoms with E-state index in [1.165, 1.54) is 55.6 Å². The molecule has 0 radical (unpaired) electrons. The maximum absolute atomic E-state index is 5.21. The predicted octanol–water partition coefficient (Wildman–Crippen LogP) is 14.0. The molecule has 2 aliphatic rings. The lowest BCUT2D eigenvalue weighted by Crippen LogP contribution is -2.26. The Balaban J connectivity index is 1.04. The highest BCUT2D eigenvalue weighted by molar-refractivity contribution is 6.10. The Morgan fingerprint density at radius 1 is 0.290 bits per heavy atom. The molecule has 2 aliphatic carbocycles. The van der Waals surface area contributed by atoms with Crippen molar-refractivity contribution in [3.63, 3.8) is 0 Å². The summed E-state index contributed by atoms with van der Waals surface area (Å²) in [6.07, 6.45) is 0. The number of hydrogen-bond acceptors (Lipinski definition) is 3. The molecule has 0 saturated heterocycles. The van der Waals surface area contributed by atoms with E-state index in [2.05, 4.69) is 187 Å². The molecule has 0 bridgehead atoms. The van der Waals surface area contributed by atoms with Crippen molar-refractivity contribution in [2.75, 3.05) is 0 Å². The zero-order valence-corrected chi connectivity index (χ0v) is 33.6. The first-order valence-electron chi connectivity index (χ1n) is 21.2. The Hall–Kier alpha value is -8.21. The van der Waals surface area contributed by atoms with Crippen LogP contribution in [0.5, 0.6) is 0 Å². The first-order valence-corrected chi connectivity index (χ1v) is 21.2. The number of benzene rings is 9. The summed E-state index contributed by atoms with van der Waals surface area (Å²) in [5.41, 5.74) is 18.7. The van der Waals surface area contributed by atoms with Gasteiger partial charge in [-0.05, 0) is 91.0 Å². The van der Waals surface area contributed by atoms with E-state index in [1.54, 1.807) is 0 Å². The Labute approximate surface area is 359 Å². The molecule has 0 N–H and O–H groups in total. The molecule has 2 aromatic heterocycles. The lowest BCUT2D eigenvalue weighted by atomic mass is 9.70. The van der Waals surface area contributed by atoms with Gasteiger partial charge in [0, 0.05) is 21.9 Å². The Bertz CT molecular complexity index is 3470. The Morgan fingerprint density at radius 3 is 1.32 bits per heavy atom. The minimum Gasteiger partial charge on any atom is -0.278 e. The van der Waals surface area contributed by atoms with E-state index < -0.39 is 5.41 Å². The van der Waals surface area contributed by atoms with E-state index in [0.29, 0.717) is 17.6 Å². The molecule has 13 rings (SSSR count). The zero-order valence-electron chi connectivity index (χ0n) is 33.6. The minimum absolute atomic E-state index is 0.482. The van der Waals surface area contributed by atoms with Gasteiger partial charge in [0.15, 0.2) is 11.6 Å². The Kier molecular flexibility index (Phi) is 7.49. The fraction of sp³-hybridized carbons (Fsp3) is 0.0172. The molecule has 0 fully saturated rings. The van der Waals surface area contributed by atoms with Gasteiger partial charge in [-0.1, -0.05) is 194 Å². The molecule has 0 aliphatic heterocycles. The average molecular weight is 789 g/mol. The maximum atomic E-state index is 5.21. The number of nitrogens with zero attached hydrogens (tertiary/aromatic N) is 4. The molecule has 4 nitrogen and oxygen atoms in total. The molecular weight excluding hydrogens is 753 g/mol. The second kappa shape index (κ2) is 13.4. The van der Waals surface area contributed by atoms with Crippen molar-refractivity contribution < 1.29 is 0 Å². The molecule has 4 heteroatoms. The van der Waals surface area contributed by atoms with Gasteiger partial charge in [0.25, 0.3) is 0 Å². The van der Waals surface area contributed by atoms with E-state index in [-0.39, 0.29) is 0 Å². The highest BCUT2D eigenvalue weighted by atomic mass is 15.2. The number of rotatable bonds is 5. The van der Waals surface area contributed by atoms with Gasteiger partial charge in [0.05, 0.1) is 16.4 Å². The number of fused-ring (bicyclic) bond motifs is 13. The van der Waals surface area contributed by atoms with Crippen molar-refractivity contribution in [1.29, 1.82) is 0 Å². The molecule has 288 valence electrons. The third-order valence-corrected chi connectivity index (χ3v) is 13.1. The zero-order chi connectivity index (χ0) is 40.8. The Morgan fingerprint density at radius 2 is 0.726 bits per heavy atom. The summed E-state index contributed by atoms with van der Waals surface area (Å²) in [6, 6.07) is 78.8. The third kappa shape index (κ3) is 4.98. The number of para-hydroxylation sites is 1. The molecule has 1 spiro atoms. The van der Waals surface area contributed by atoms with E-state index in [9.17, 15) is 0 Å². The summed E-state index contributed by atoms with van der Waals surface area (Å²) in [5.74, 6) is 1.85. The highest BCUT2D eigenvalue weighted by Gasteiger charge is 2.51. The lowest BCUT2D eigenvalue weighted by molar-refractivity contribution is 0.794. The van der Waals surface area contributed by atoms with Gasteiger partial charge < -0.3 is 0 Å². The van der Waals surface area contributed by atoms with E-state index >= 15 is 0 Å². The van der Waals surface area contributed by atoms with Gasteiger partial charge >= 0.3 is 0 Å². The van der Waals surface area contributed by atoms with Gasteiger partial charge in [0.2, 0.25) is 5.95 Å². The molecule has 2 heterocycles. The molecule has 62 heavy (non-hydrogen) atoms. The van der Waals surface area contributed by atoms with Gasteiger partial charge in [-0.15, -0.1) is 0 Å². The molecule has 9 aromatic carbocycles. The number of aromatic nitrogens is 4.